The van der Waals surface area contributed by atoms with Crippen LogP contribution in [0.2, 0.25) is 0 Å². The molecule has 2 aromatic carbocycles. The first-order valence-electron chi connectivity index (χ1n) is 8.89. The molecule has 4 N–H and O–H groups in total. The largest absolute Gasteiger partial charge is 0.383 e. The van der Waals surface area contributed by atoms with Gasteiger partial charge in [-0.1, -0.05) is 6.07 Å². The summed E-state index contributed by atoms with van der Waals surface area (Å²) in [5, 5.41) is 4.39. The second kappa shape index (κ2) is 6.30. The van der Waals surface area contributed by atoms with E-state index in [1.165, 1.54) is 30.5 Å². The Kier molecular flexibility index (Phi) is 4.03. The summed E-state index contributed by atoms with van der Waals surface area (Å²) < 4.78 is 14.8. The van der Waals surface area contributed by atoms with Crippen molar-refractivity contribution in [2.75, 3.05) is 5.73 Å². The van der Waals surface area contributed by atoms with Crippen LogP contribution in [0.25, 0.3) is 0 Å². The first kappa shape index (κ1) is 17.9. The third-order valence-electron chi connectivity index (χ3n) is 5.31. The highest BCUT2D eigenvalue weighted by Crippen LogP contribution is 2.51. The molecule has 4 rings (SSSR count). The maximum Gasteiger partial charge on any atom is 0.248 e. The van der Waals surface area contributed by atoms with Gasteiger partial charge in [0, 0.05) is 11.1 Å². The molecule has 0 spiro atoms. The molecule has 1 fully saturated rings. The Hall–Kier alpha value is -3.48. The van der Waals surface area contributed by atoms with E-state index in [9.17, 15) is 14.0 Å². The first-order valence-corrected chi connectivity index (χ1v) is 8.89. The van der Waals surface area contributed by atoms with Gasteiger partial charge in [0.25, 0.3) is 0 Å². The summed E-state index contributed by atoms with van der Waals surface area (Å²) in [4.78, 5) is 24.4. The third-order valence-corrected chi connectivity index (χ3v) is 5.31. The average molecular weight is 378 g/mol. The van der Waals surface area contributed by atoms with Gasteiger partial charge < -0.3 is 11.5 Å². The molecule has 0 bridgehead atoms. The molecule has 6 nitrogen and oxygen atoms in total. The number of amides is 1. The highest BCUT2D eigenvalue weighted by atomic mass is 19.1. The number of carbonyl (C=O) groups is 2. The Labute approximate surface area is 161 Å². The zero-order valence-corrected chi connectivity index (χ0v) is 15.3. The number of primary amides is 1. The number of halogens is 1. The Bertz CT molecular complexity index is 1100. The van der Waals surface area contributed by atoms with E-state index in [1.807, 2.05) is 13.0 Å². The molecule has 1 aliphatic carbocycles. The summed E-state index contributed by atoms with van der Waals surface area (Å²) in [5.41, 5.74) is 14.1. The van der Waals surface area contributed by atoms with Gasteiger partial charge in [-0.25, -0.2) is 9.07 Å². The van der Waals surface area contributed by atoms with Crippen LogP contribution in [0, 0.1) is 12.7 Å². The predicted molar refractivity (Wildman–Crippen MR) is 102 cm³/mol. The lowest BCUT2D eigenvalue weighted by Gasteiger charge is -2.21. The summed E-state index contributed by atoms with van der Waals surface area (Å²) in [6.45, 7) is 1.95. The lowest BCUT2D eigenvalue weighted by atomic mass is 9.96. The maximum atomic E-state index is 13.1. The molecule has 0 radical (unpaired) electrons. The number of aryl methyl sites for hydroxylation is 1. The number of rotatable bonds is 5. The Morgan fingerprint density at radius 1 is 1.11 bits per heavy atom. The number of hydrogen-bond donors (Lipinski definition) is 2. The molecule has 142 valence electrons. The van der Waals surface area contributed by atoms with E-state index >= 15 is 0 Å². The van der Waals surface area contributed by atoms with E-state index in [0.717, 1.165) is 24.0 Å². The zero-order valence-electron chi connectivity index (χ0n) is 15.3. The monoisotopic (exact) mass is 378 g/mol. The minimum atomic E-state index is -0.502. The number of nitrogen functional groups attached to an aromatic ring is 1. The van der Waals surface area contributed by atoms with E-state index in [0.29, 0.717) is 11.1 Å². The van der Waals surface area contributed by atoms with Crippen molar-refractivity contribution in [2.45, 2.75) is 25.3 Å². The first-order chi connectivity index (χ1) is 13.3. The summed E-state index contributed by atoms with van der Waals surface area (Å²) in [7, 11) is 0. The van der Waals surface area contributed by atoms with Gasteiger partial charge in [-0.3, -0.25) is 9.59 Å². The van der Waals surface area contributed by atoms with E-state index < -0.39 is 17.3 Å². The minimum Gasteiger partial charge on any atom is -0.383 e. The number of anilines is 1. The smallest absolute Gasteiger partial charge is 0.248 e. The number of nitrogens with two attached hydrogens (primary N) is 2. The molecular formula is C21H19FN4O2. The van der Waals surface area contributed by atoms with Gasteiger partial charge in [-0.05, 0) is 67.3 Å². The lowest BCUT2D eigenvalue weighted by molar-refractivity contribution is 0.0998. The van der Waals surface area contributed by atoms with E-state index in [1.54, 1.807) is 16.8 Å². The molecule has 0 saturated heterocycles. The van der Waals surface area contributed by atoms with E-state index in [-0.39, 0.29) is 17.2 Å². The number of hydrogen-bond acceptors (Lipinski definition) is 4. The van der Waals surface area contributed by atoms with Crippen LogP contribution in [0.4, 0.5) is 10.2 Å². The van der Waals surface area contributed by atoms with Crippen LogP contribution >= 0.6 is 0 Å². The van der Waals surface area contributed by atoms with Gasteiger partial charge in [0.1, 0.15) is 11.6 Å². The maximum absolute atomic E-state index is 13.1. The molecule has 0 unspecified atom stereocenters. The quantitative estimate of drug-likeness (QED) is 0.666. The SMILES string of the molecule is Cc1ccc(C(N)=O)cc1C1(n2ncc(C(=O)c3ccc(F)cc3)c2N)CC1. The number of carbonyl (C=O) groups excluding carboxylic acids is 2. The second-order valence-corrected chi connectivity index (χ2v) is 7.12. The summed E-state index contributed by atoms with van der Waals surface area (Å²) >= 11 is 0. The molecule has 1 saturated carbocycles. The molecule has 0 aliphatic heterocycles. The van der Waals surface area contributed by atoms with Crippen LogP contribution in [0.5, 0.6) is 0 Å². The zero-order chi connectivity index (χ0) is 20.1. The van der Waals surface area contributed by atoms with Crippen molar-refractivity contribution >= 4 is 17.5 Å². The molecule has 3 aromatic rings. The van der Waals surface area contributed by atoms with Crippen LogP contribution in [0.1, 0.15) is 50.2 Å². The standard InChI is InChI=1S/C21H19FN4O2/c1-12-2-3-14(20(24)28)10-17(12)21(8-9-21)26-19(23)16(11-25-26)18(27)13-4-6-15(22)7-5-13/h2-7,10-11H,8-9,23H2,1H3,(H2,24,28). The van der Waals surface area contributed by atoms with Gasteiger partial charge in [0.05, 0.1) is 17.3 Å². The van der Waals surface area contributed by atoms with Gasteiger partial charge in [0.2, 0.25) is 5.91 Å². The summed E-state index contributed by atoms with van der Waals surface area (Å²) in [5.74, 6) is -0.988. The molecule has 1 heterocycles. The Balaban J connectivity index is 1.75. The molecule has 0 atom stereocenters. The summed E-state index contributed by atoms with van der Waals surface area (Å²) in [6.07, 6.45) is 3.01. The topological polar surface area (TPSA) is 104 Å². The van der Waals surface area contributed by atoms with Crippen LogP contribution in [-0.2, 0) is 5.54 Å². The van der Waals surface area contributed by atoms with Gasteiger partial charge >= 0.3 is 0 Å². The fourth-order valence-corrected chi connectivity index (χ4v) is 3.62. The number of aromatic nitrogens is 2. The molecule has 1 aromatic heterocycles. The third kappa shape index (κ3) is 2.76. The van der Waals surface area contributed by atoms with Crippen molar-refractivity contribution in [1.82, 2.24) is 9.78 Å². The van der Waals surface area contributed by atoms with Crippen molar-refractivity contribution in [2.24, 2.45) is 5.73 Å². The van der Waals surface area contributed by atoms with Gasteiger partial charge in [-0.2, -0.15) is 5.10 Å². The fraction of sp³-hybridized carbons (Fsp3) is 0.190. The van der Waals surface area contributed by atoms with Crippen LogP contribution in [-0.4, -0.2) is 21.5 Å². The van der Waals surface area contributed by atoms with Crippen LogP contribution in [0.3, 0.4) is 0 Å². The molecule has 7 heteroatoms. The van der Waals surface area contributed by atoms with Crippen molar-refractivity contribution in [1.29, 1.82) is 0 Å². The lowest BCUT2D eigenvalue weighted by Crippen LogP contribution is -2.24. The van der Waals surface area contributed by atoms with Gasteiger partial charge in [-0.15, -0.1) is 0 Å². The highest BCUT2D eigenvalue weighted by molar-refractivity contribution is 6.11. The Morgan fingerprint density at radius 3 is 2.36 bits per heavy atom. The molecular weight excluding hydrogens is 359 g/mol. The normalized spacial score (nSPS) is 14.6. The number of nitrogens with zero attached hydrogens (tertiary/aromatic N) is 2. The van der Waals surface area contributed by atoms with Crippen LogP contribution < -0.4 is 11.5 Å². The summed E-state index contributed by atoms with van der Waals surface area (Å²) in [6, 6.07) is 10.6. The predicted octanol–water partition coefficient (Wildman–Crippen LogP) is 2.78. The van der Waals surface area contributed by atoms with E-state index in [4.69, 9.17) is 11.5 Å². The Morgan fingerprint density at radius 2 is 1.75 bits per heavy atom. The fourth-order valence-electron chi connectivity index (χ4n) is 3.62. The van der Waals surface area contributed by atoms with Crippen molar-refractivity contribution in [3.63, 3.8) is 0 Å². The minimum absolute atomic E-state index is 0.246. The molecule has 28 heavy (non-hydrogen) atoms. The average Bonchev–Trinajstić information content (AvgIpc) is 3.37. The van der Waals surface area contributed by atoms with Crippen molar-refractivity contribution in [3.8, 4) is 0 Å². The van der Waals surface area contributed by atoms with Gasteiger partial charge in [0.15, 0.2) is 5.78 Å². The van der Waals surface area contributed by atoms with Crippen molar-refractivity contribution in [3.05, 3.63) is 82.3 Å². The van der Waals surface area contributed by atoms with Crippen molar-refractivity contribution < 1.29 is 14.0 Å². The number of benzene rings is 2. The van der Waals surface area contributed by atoms with E-state index in [2.05, 4.69) is 5.10 Å². The highest BCUT2D eigenvalue weighted by Gasteiger charge is 2.49. The molecule has 1 aliphatic rings. The second-order valence-electron chi connectivity index (χ2n) is 7.12. The number of ketones is 1. The van der Waals surface area contributed by atoms with Crippen LogP contribution in [0.15, 0.2) is 48.7 Å². The molecule has 1 amide bonds.